The molecule has 3 heteroatoms. The molecule has 0 aromatic rings. The summed E-state index contributed by atoms with van der Waals surface area (Å²) in [5.41, 5.74) is 1.09. The van der Waals surface area contributed by atoms with Gasteiger partial charge in [0.05, 0.1) is 12.6 Å². The van der Waals surface area contributed by atoms with Crippen LogP contribution in [0.3, 0.4) is 0 Å². The highest BCUT2D eigenvalue weighted by molar-refractivity contribution is 6.10. The summed E-state index contributed by atoms with van der Waals surface area (Å²) in [5.74, 6) is -0.120. The predicted octanol–water partition coefficient (Wildman–Crippen LogP) is 2.63. The zero-order valence-corrected chi connectivity index (χ0v) is 9.30. The van der Waals surface area contributed by atoms with E-state index >= 15 is 0 Å². The Kier molecular flexibility index (Phi) is 2.51. The lowest BCUT2D eigenvalue weighted by molar-refractivity contribution is -0.120. The first kappa shape index (κ1) is 11.2. The first-order chi connectivity index (χ1) is 6.87. The largest absolute Gasteiger partial charge is 0.295 e. The third-order valence-electron chi connectivity index (χ3n) is 2.98. The Morgan fingerprint density at radius 3 is 2.47 bits per heavy atom. The molecule has 0 spiro atoms. The molecule has 0 fully saturated rings. The second kappa shape index (κ2) is 3.37. The van der Waals surface area contributed by atoms with Crippen LogP contribution in [0.1, 0.15) is 27.7 Å². The van der Waals surface area contributed by atoms with E-state index in [9.17, 15) is 4.79 Å². The van der Waals surface area contributed by atoms with E-state index in [0.717, 1.165) is 5.57 Å². The lowest BCUT2D eigenvalue weighted by Crippen LogP contribution is -2.21. The van der Waals surface area contributed by atoms with Gasteiger partial charge in [0.1, 0.15) is 0 Å². The fourth-order valence-electron chi connectivity index (χ4n) is 1.62. The molecule has 0 aliphatic heterocycles. The minimum atomic E-state index is -0.646. The van der Waals surface area contributed by atoms with E-state index in [-0.39, 0.29) is 5.78 Å². The first-order valence-corrected chi connectivity index (χ1v) is 4.62. The third kappa shape index (κ3) is 1.37. The van der Waals surface area contributed by atoms with E-state index in [1.54, 1.807) is 27.7 Å². The van der Waals surface area contributed by atoms with Crippen LogP contribution in [0, 0.1) is 23.3 Å². The maximum atomic E-state index is 12.0. The number of carbonyl (C=O) groups excluding carboxylic acids is 1. The molecule has 15 heavy (non-hydrogen) atoms. The Balaban J connectivity index is 3.59. The molecule has 0 radical (unpaired) electrons. The summed E-state index contributed by atoms with van der Waals surface area (Å²) in [6.45, 7) is 14.0. The van der Waals surface area contributed by atoms with Gasteiger partial charge in [0.15, 0.2) is 11.5 Å². The van der Waals surface area contributed by atoms with Gasteiger partial charge in [0.25, 0.3) is 0 Å². The van der Waals surface area contributed by atoms with Crippen LogP contribution in [0.5, 0.6) is 0 Å². The Morgan fingerprint density at radius 1 is 1.53 bits per heavy atom. The summed E-state index contributed by atoms with van der Waals surface area (Å²) in [5, 5.41) is 8.80. The van der Waals surface area contributed by atoms with Crippen molar-refractivity contribution < 1.29 is 4.79 Å². The number of hydrogen-bond acceptors (Lipinski definition) is 2. The van der Waals surface area contributed by atoms with E-state index in [0.29, 0.717) is 16.8 Å². The van der Waals surface area contributed by atoms with Crippen molar-refractivity contribution in [2.24, 2.45) is 5.41 Å². The molecule has 3 nitrogen and oxygen atoms in total. The van der Waals surface area contributed by atoms with Gasteiger partial charge < -0.3 is 0 Å². The van der Waals surface area contributed by atoms with Crippen molar-refractivity contribution in [3.8, 4) is 6.07 Å². The molecule has 0 saturated carbocycles. The average molecular weight is 200 g/mol. The van der Waals surface area contributed by atoms with Gasteiger partial charge in [-0.05, 0) is 6.92 Å². The maximum Gasteiger partial charge on any atom is 0.198 e. The van der Waals surface area contributed by atoms with Gasteiger partial charge in [-0.1, -0.05) is 26.3 Å². The number of nitrogens with zero attached hydrogens (tertiary/aromatic N) is 2. The number of hydrogen-bond donors (Lipinski definition) is 0. The molecule has 76 valence electrons. The number of allylic oxidation sites excluding steroid dienone is 3. The molecule has 0 aromatic heterocycles. The van der Waals surface area contributed by atoms with Gasteiger partial charge >= 0.3 is 0 Å². The van der Waals surface area contributed by atoms with E-state index in [2.05, 4.69) is 4.85 Å². The molecule has 0 saturated heterocycles. The van der Waals surface area contributed by atoms with Gasteiger partial charge in [0, 0.05) is 16.6 Å². The van der Waals surface area contributed by atoms with Crippen LogP contribution < -0.4 is 0 Å². The third-order valence-corrected chi connectivity index (χ3v) is 2.98. The highest BCUT2D eigenvalue weighted by Gasteiger charge is 2.42. The lowest BCUT2D eigenvalue weighted by atomic mass is 9.84. The fourth-order valence-corrected chi connectivity index (χ4v) is 1.62. The maximum absolute atomic E-state index is 12.0. The SMILES string of the molecule is [C-]#[N+]C1=C(C)C(C)(C)C(=O)C1=C(C)C#N. The average Bonchev–Trinajstić information content (AvgIpc) is 2.38. The molecular formula is C12H12N2O. The highest BCUT2D eigenvalue weighted by Crippen LogP contribution is 2.43. The summed E-state index contributed by atoms with van der Waals surface area (Å²) in [6, 6.07) is 1.94. The summed E-state index contributed by atoms with van der Waals surface area (Å²) in [6.07, 6.45) is 0. The van der Waals surface area contributed by atoms with Gasteiger partial charge in [-0.25, -0.2) is 4.85 Å². The monoisotopic (exact) mass is 200 g/mol. The first-order valence-electron chi connectivity index (χ1n) is 4.62. The fraction of sp³-hybridized carbons (Fsp3) is 0.417. The van der Waals surface area contributed by atoms with Crippen molar-refractivity contribution in [2.45, 2.75) is 27.7 Å². The Labute approximate surface area is 89.5 Å². The molecule has 0 heterocycles. The number of Topliss-reactive ketones (excluding diaryl/α,β-unsaturated/α-hetero) is 1. The normalized spacial score (nSPS) is 22.4. The molecule has 0 N–H and O–H groups in total. The van der Waals surface area contributed by atoms with Crippen molar-refractivity contribution in [3.63, 3.8) is 0 Å². The lowest BCUT2D eigenvalue weighted by Gasteiger charge is -2.17. The van der Waals surface area contributed by atoms with Crippen molar-refractivity contribution in [1.82, 2.24) is 0 Å². The molecule has 0 atom stereocenters. The minimum Gasteiger partial charge on any atom is -0.295 e. The Hall–Kier alpha value is -1.87. The van der Waals surface area contributed by atoms with Crippen LogP contribution in [0.2, 0.25) is 0 Å². The van der Waals surface area contributed by atoms with Crippen molar-refractivity contribution in [2.75, 3.05) is 0 Å². The summed E-state index contributed by atoms with van der Waals surface area (Å²) in [7, 11) is 0. The molecule has 0 aromatic carbocycles. The smallest absolute Gasteiger partial charge is 0.198 e. The van der Waals surface area contributed by atoms with Gasteiger partial charge in [0.2, 0.25) is 0 Å². The second-order valence-electron chi connectivity index (χ2n) is 4.15. The van der Waals surface area contributed by atoms with Crippen molar-refractivity contribution in [3.05, 3.63) is 33.8 Å². The Morgan fingerprint density at radius 2 is 2.07 bits per heavy atom. The number of carbonyl (C=O) groups is 1. The van der Waals surface area contributed by atoms with Gasteiger partial charge in [-0.3, -0.25) is 4.79 Å². The van der Waals surface area contributed by atoms with E-state index < -0.39 is 5.41 Å². The molecule has 1 aliphatic carbocycles. The van der Waals surface area contributed by atoms with Crippen LogP contribution in [0.15, 0.2) is 22.4 Å². The zero-order valence-electron chi connectivity index (χ0n) is 9.30. The summed E-state index contributed by atoms with van der Waals surface area (Å²) < 4.78 is 0. The second-order valence-corrected chi connectivity index (χ2v) is 4.15. The molecular weight excluding hydrogens is 188 g/mol. The van der Waals surface area contributed by atoms with E-state index in [1.165, 1.54) is 0 Å². The van der Waals surface area contributed by atoms with Crippen molar-refractivity contribution >= 4 is 5.78 Å². The molecule has 1 aliphatic rings. The quantitative estimate of drug-likeness (QED) is 0.343. The van der Waals surface area contributed by atoms with E-state index in [4.69, 9.17) is 11.8 Å². The van der Waals surface area contributed by atoms with Crippen LogP contribution in [0.25, 0.3) is 4.85 Å². The van der Waals surface area contributed by atoms with Crippen LogP contribution in [0.4, 0.5) is 0 Å². The standard InChI is InChI=1S/C12H12N2O/c1-7(6-13)9-10(14-5)8(2)12(3,4)11(9)15/h1-4H3. The van der Waals surface area contributed by atoms with Crippen LogP contribution >= 0.6 is 0 Å². The van der Waals surface area contributed by atoms with Gasteiger partial charge in [-0.2, -0.15) is 5.26 Å². The zero-order chi connectivity index (χ0) is 11.8. The topological polar surface area (TPSA) is 45.2 Å². The summed E-state index contributed by atoms with van der Waals surface area (Å²) >= 11 is 0. The molecule has 1 rings (SSSR count). The molecule has 0 amide bonds. The van der Waals surface area contributed by atoms with Gasteiger partial charge in [-0.15, -0.1) is 0 Å². The number of rotatable bonds is 0. The molecule has 0 bridgehead atoms. The molecule has 0 unspecified atom stereocenters. The minimum absolute atomic E-state index is 0.120. The number of ketones is 1. The number of nitriles is 1. The Bertz CT molecular complexity index is 479. The summed E-state index contributed by atoms with van der Waals surface area (Å²) in [4.78, 5) is 15.4. The highest BCUT2D eigenvalue weighted by atomic mass is 16.1. The van der Waals surface area contributed by atoms with E-state index in [1.807, 2.05) is 6.07 Å². The van der Waals surface area contributed by atoms with Crippen molar-refractivity contribution in [1.29, 1.82) is 5.26 Å². The van der Waals surface area contributed by atoms with Crippen LogP contribution in [-0.4, -0.2) is 5.78 Å². The van der Waals surface area contributed by atoms with Crippen LogP contribution in [-0.2, 0) is 4.79 Å². The predicted molar refractivity (Wildman–Crippen MR) is 56.4 cm³/mol.